The Morgan fingerprint density at radius 1 is 1.22 bits per heavy atom. The van der Waals surface area contributed by atoms with Crippen molar-refractivity contribution in [2.24, 2.45) is 5.41 Å². The van der Waals surface area contributed by atoms with E-state index < -0.39 is 0 Å². The SMILES string of the molecule is CNC(=O)C[C@H]1CC2(CCN(C(=O)CC(C)(C)C)CC2)Oc2ccccc21. The number of rotatable bonds is 3. The van der Waals surface area contributed by atoms with Gasteiger partial charge >= 0.3 is 0 Å². The molecule has 3 rings (SSSR count). The second kappa shape index (κ2) is 7.53. The molecule has 1 saturated heterocycles. The lowest BCUT2D eigenvalue weighted by Gasteiger charge is -2.47. The number of benzene rings is 1. The van der Waals surface area contributed by atoms with Gasteiger partial charge < -0.3 is 15.0 Å². The molecule has 0 aromatic heterocycles. The highest BCUT2D eigenvalue weighted by molar-refractivity contribution is 5.77. The smallest absolute Gasteiger partial charge is 0.223 e. The van der Waals surface area contributed by atoms with Gasteiger partial charge in [-0.3, -0.25) is 9.59 Å². The predicted octanol–water partition coefficient (Wildman–Crippen LogP) is 3.49. The summed E-state index contributed by atoms with van der Waals surface area (Å²) in [6, 6.07) is 8.06. The summed E-state index contributed by atoms with van der Waals surface area (Å²) in [4.78, 5) is 26.6. The van der Waals surface area contributed by atoms with Crippen LogP contribution in [0.15, 0.2) is 24.3 Å². The average molecular weight is 373 g/mol. The zero-order chi connectivity index (χ0) is 19.7. The Kier molecular flexibility index (Phi) is 5.50. The Labute approximate surface area is 162 Å². The third-order valence-corrected chi connectivity index (χ3v) is 5.72. The summed E-state index contributed by atoms with van der Waals surface area (Å²) in [7, 11) is 1.68. The minimum absolute atomic E-state index is 0.00507. The van der Waals surface area contributed by atoms with Gasteiger partial charge in [0.2, 0.25) is 11.8 Å². The van der Waals surface area contributed by atoms with Crippen molar-refractivity contribution in [1.82, 2.24) is 10.2 Å². The van der Waals surface area contributed by atoms with Crippen molar-refractivity contribution in [2.75, 3.05) is 20.1 Å². The lowest BCUT2D eigenvalue weighted by Crippen LogP contribution is -2.52. The van der Waals surface area contributed by atoms with E-state index in [9.17, 15) is 9.59 Å². The van der Waals surface area contributed by atoms with Crippen LogP contribution in [-0.2, 0) is 9.59 Å². The first-order valence-electron chi connectivity index (χ1n) is 9.98. The van der Waals surface area contributed by atoms with E-state index in [2.05, 4.69) is 32.2 Å². The van der Waals surface area contributed by atoms with Crippen LogP contribution in [0.1, 0.15) is 64.4 Å². The van der Waals surface area contributed by atoms with E-state index in [0.29, 0.717) is 12.8 Å². The highest BCUT2D eigenvalue weighted by atomic mass is 16.5. The molecule has 1 spiro atoms. The lowest BCUT2D eigenvalue weighted by molar-refractivity contribution is -0.137. The molecule has 1 atom stereocenters. The summed E-state index contributed by atoms with van der Waals surface area (Å²) in [5.74, 6) is 1.35. The van der Waals surface area contributed by atoms with Crippen LogP contribution >= 0.6 is 0 Å². The largest absolute Gasteiger partial charge is 0.487 e. The van der Waals surface area contributed by atoms with E-state index >= 15 is 0 Å². The van der Waals surface area contributed by atoms with Crippen molar-refractivity contribution in [3.05, 3.63) is 29.8 Å². The fourth-order valence-corrected chi connectivity index (χ4v) is 4.29. The summed E-state index contributed by atoms with van der Waals surface area (Å²) < 4.78 is 6.47. The molecule has 2 aliphatic rings. The summed E-state index contributed by atoms with van der Waals surface area (Å²) in [5, 5.41) is 2.75. The maximum atomic E-state index is 12.6. The quantitative estimate of drug-likeness (QED) is 0.884. The molecule has 1 aromatic rings. The molecule has 5 nitrogen and oxygen atoms in total. The Balaban J connectivity index is 1.72. The summed E-state index contributed by atoms with van der Waals surface area (Å²) in [6.45, 7) is 7.75. The minimum Gasteiger partial charge on any atom is -0.487 e. The van der Waals surface area contributed by atoms with Crippen molar-refractivity contribution in [2.45, 2.75) is 64.4 Å². The van der Waals surface area contributed by atoms with E-state index in [0.717, 1.165) is 43.7 Å². The zero-order valence-electron chi connectivity index (χ0n) is 17.0. The second-order valence-electron chi connectivity index (χ2n) is 9.22. The Bertz CT molecular complexity index is 700. The van der Waals surface area contributed by atoms with E-state index in [-0.39, 0.29) is 28.7 Å². The van der Waals surface area contributed by atoms with Crippen molar-refractivity contribution in [3.63, 3.8) is 0 Å². The molecule has 148 valence electrons. The number of hydrogen-bond donors (Lipinski definition) is 1. The maximum absolute atomic E-state index is 12.6. The normalized spacial score (nSPS) is 21.3. The first kappa shape index (κ1) is 19.7. The lowest BCUT2D eigenvalue weighted by atomic mass is 9.76. The molecule has 2 heterocycles. The molecule has 0 unspecified atom stereocenters. The fraction of sp³-hybridized carbons (Fsp3) is 0.636. The van der Waals surface area contributed by atoms with Crippen LogP contribution in [0.4, 0.5) is 0 Å². The van der Waals surface area contributed by atoms with Gasteiger partial charge in [0, 0.05) is 51.7 Å². The highest BCUT2D eigenvalue weighted by Crippen LogP contribution is 2.46. The number of para-hydroxylation sites is 1. The molecular weight excluding hydrogens is 340 g/mol. The van der Waals surface area contributed by atoms with Gasteiger partial charge in [0.05, 0.1) is 0 Å². The van der Waals surface area contributed by atoms with Gasteiger partial charge in [-0.1, -0.05) is 39.0 Å². The zero-order valence-corrected chi connectivity index (χ0v) is 17.0. The summed E-state index contributed by atoms with van der Waals surface area (Å²) in [6.07, 6.45) is 3.52. The number of amides is 2. The molecular formula is C22H32N2O3. The molecule has 27 heavy (non-hydrogen) atoms. The van der Waals surface area contributed by atoms with Crippen LogP contribution in [0, 0.1) is 5.41 Å². The molecule has 1 aromatic carbocycles. The van der Waals surface area contributed by atoms with Gasteiger partial charge in [-0.05, 0) is 23.5 Å². The van der Waals surface area contributed by atoms with Crippen LogP contribution in [0.3, 0.4) is 0 Å². The van der Waals surface area contributed by atoms with Crippen molar-refractivity contribution in [1.29, 1.82) is 0 Å². The molecule has 0 saturated carbocycles. The van der Waals surface area contributed by atoms with Gasteiger partial charge in [-0.25, -0.2) is 0 Å². The minimum atomic E-state index is -0.272. The highest BCUT2D eigenvalue weighted by Gasteiger charge is 2.44. The topological polar surface area (TPSA) is 58.6 Å². The van der Waals surface area contributed by atoms with Crippen LogP contribution in [-0.4, -0.2) is 42.5 Å². The Morgan fingerprint density at radius 2 is 1.89 bits per heavy atom. The maximum Gasteiger partial charge on any atom is 0.223 e. The molecule has 0 aliphatic carbocycles. The Hall–Kier alpha value is -2.04. The summed E-state index contributed by atoms with van der Waals surface area (Å²) >= 11 is 0. The number of carbonyl (C=O) groups excluding carboxylic acids is 2. The molecule has 2 amide bonds. The number of ether oxygens (including phenoxy) is 1. The number of hydrogen-bond acceptors (Lipinski definition) is 3. The molecule has 1 N–H and O–H groups in total. The van der Waals surface area contributed by atoms with E-state index in [4.69, 9.17) is 4.74 Å². The van der Waals surface area contributed by atoms with Gasteiger partial charge in [0.15, 0.2) is 0 Å². The summed E-state index contributed by atoms with van der Waals surface area (Å²) in [5.41, 5.74) is 0.856. The van der Waals surface area contributed by atoms with E-state index in [1.54, 1.807) is 7.05 Å². The predicted molar refractivity (Wildman–Crippen MR) is 106 cm³/mol. The second-order valence-corrected chi connectivity index (χ2v) is 9.22. The molecule has 1 fully saturated rings. The molecule has 2 aliphatic heterocycles. The molecule has 0 radical (unpaired) electrons. The number of likely N-dealkylation sites (tertiary alicyclic amines) is 1. The number of carbonyl (C=O) groups is 2. The van der Waals surface area contributed by atoms with Crippen LogP contribution in [0.25, 0.3) is 0 Å². The van der Waals surface area contributed by atoms with Gasteiger partial charge in [-0.2, -0.15) is 0 Å². The van der Waals surface area contributed by atoms with Gasteiger partial charge in [0.25, 0.3) is 0 Å². The van der Waals surface area contributed by atoms with Gasteiger partial charge in [0.1, 0.15) is 11.4 Å². The van der Waals surface area contributed by atoms with Crippen LogP contribution in [0.5, 0.6) is 5.75 Å². The Morgan fingerprint density at radius 3 is 2.52 bits per heavy atom. The average Bonchev–Trinajstić information content (AvgIpc) is 2.60. The molecule has 0 bridgehead atoms. The standard InChI is InChI=1S/C22H32N2O3/c1-21(2,3)15-20(26)24-11-9-22(10-12-24)14-16(13-19(25)23-4)17-7-5-6-8-18(17)27-22/h5-8,16H,9-15H2,1-4H3,(H,23,25)/t16-/m0/s1. The van der Waals surface area contributed by atoms with Crippen molar-refractivity contribution in [3.8, 4) is 5.75 Å². The fourth-order valence-electron chi connectivity index (χ4n) is 4.29. The van der Waals surface area contributed by atoms with Crippen LogP contribution < -0.4 is 10.1 Å². The van der Waals surface area contributed by atoms with Crippen molar-refractivity contribution >= 4 is 11.8 Å². The molecule has 5 heteroatoms. The first-order valence-corrected chi connectivity index (χ1v) is 9.98. The van der Waals surface area contributed by atoms with E-state index in [1.165, 1.54) is 0 Å². The first-order chi connectivity index (χ1) is 12.7. The third kappa shape index (κ3) is 4.63. The number of fused-ring (bicyclic) bond motifs is 1. The van der Waals surface area contributed by atoms with Gasteiger partial charge in [-0.15, -0.1) is 0 Å². The number of nitrogens with zero attached hydrogens (tertiary/aromatic N) is 1. The number of nitrogens with one attached hydrogen (secondary N) is 1. The van der Waals surface area contributed by atoms with E-state index in [1.807, 2.05) is 23.1 Å². The monoisotopic (exact) mass is 372 g/mol. The third-order valence-electron chi connectivity index (χ3n) is 5.72. The van der Waals surface area contributed by atoms with Crippen LogP contribution in [0.2, 0.25) is 0 Å². The number of piperidine rings is 1. The van der Waals surface area contributed by atoms with Crippen molar-refractivity contribution < 1.29 is 14.3 Å².